The van der Waals surface area contributed by atoms with E-state index in [4.69, 9.17) is 4.74 Å². The number of phenolic OH excluding ortho intramolecular Hbond substituents is 2. The summed E-state index contributed by atoms with van der Waals surface area (Å²) >= 11 is 0. The zero-order valence-electron chi connectivity index (χ0n) is 28.4. The van der Waals surface area contributed by atoms with Crippen LogP contribution in [0.1, 0.15) is 125 Å². The van der Waals surface area contributed by atoms with Crippen molar-refractivity contribution >= 4 is 5.97 Å². The minimum absolute atomic E-state index is 0.0236. The van der Waals surface area contributed by atoms with E-state index in [-0.39, 0.29) is 63.2 Å². The Morgan fingerprint density at radius 3 is 2.23 bits per heavy atom. The molecule has 5 aliphatic rings. The number of aryl methyl sites for hydroxylation is 1. The fraction of sp³-hybridized carbons (Fsp3) is 0.769. The van der Waals surface area contributed by atoms with Crippen LogP contribution in [0.25, 0.3) is 0 Å². The van der Waals surface area contributed by atoms with Crippen molar-refractivity contribution in [2.24, 2.45) is 50.7 Å². The minimum Gasteiger partial charge on any atom is -0.504 e. The molecule has 3 N–H and O–H groups in total. The number of aromatic hydroxyl groups is 2. The molecule has 0 bridgehead atoms. The van der Waals surface area contributed by atoms with Gasteiger partial charge in [0, 0.05) is 11.8 Å². The number of rotatable bonds is 4. The lowest BCUT2D eigenvalue weighted by molar-refractivity contribution is -0.189. The number of benzene rings is 1. The topological polar surface area (TPSA) is 87.0 Å². The highest BCUT2D eigenvalue weighted by molar-refractivity contribution is 5.70. The lowest BCUT2D eigenvalue weighted by Gasteiger charge is -2.63. The van der Waals surface area contributed by atoms with Gasteiger partial charge in [0.25, 0.3) is 0 Å². The number of hydrogen-bond donors (Lipinski definition) is 3. The smallest absolute Gasteiger partial charge is 0.306 e. The van der Waals surface area contributed by atoms with Gasteiger partial charge in [-0.3, -0.25) is 4.79 Å². The first-order valence-electron chi connectivity index (χ1n) is 17.6. The standard InChI is InChI=1S/C39H58O5/c1-35(2)29-13-10-25-23-37(5)19-16-30-36(3,4)33(44-34(43)15-9-24-8-12-27(40)28(41)22-24)18-21-39(30,7)31(37)14-11-26(25)38(29,6)20-17-32(35)42/h8,12,22-23,26,29-33,40-42H,9-11,13-21H2,1-7H3/t26-,29-,30-,31-,32-,33-,37-,38+,39-/m0/s1. The summed E-state index contributed by atoms with van der Waals surface area (Å²) in [5.41, 5.74) is 3.09. The molecule has 5 heteroatoms. The SMILES string of the molecule is CC1(C)[C@@H](OC(=O)CCc2ccc(O)c(O)c2)CC[C@]2(C)[C@H]3CC[C@H]4C(=C[C@]3(C)CC[C@@H]12)CC[C@H]1C(C)(C)[C@@H](O)CC[C@]41C. The lowest BCUT2D eigenvalue weighted by Crippen LogP contribution is -2.58. The third-order valence-corrected chi connectivity index (χ3v) is 14.7. The van der Waals surface area contributed by atoms with Gasteiger partial charge in [0.15, 0.2) is 11.5 Å². The molecule has 5 aliphatic carbocycles. The van der Waals surface area contributed by atoms with Crippen LogP contribution in [0, 0.1) is 50.7 Å². The number of esters is 1. The van der Waals surface area contributed by atoms with Crippen molar-refractivity contribution in [3.8, 4) is 11.5 Å². The van der Waals surface area contributed by atoms with Crippen LogP contribution in [0.2, 0.25) is 0 Å². The third-order valence-electron chi connectivity index (χ3n) is 14.7. The van der Waals surface area contributed by atoms with Crippen molar-refractivity contribution in [2.75, 3.05) is 0 Å². The maximum absolute atomic E-state index is 13.1. The maximum atomic E-state index is 13.1. The highest BCUT2D eigenvalue weighted by Gasteiger charge is 2.63. The molecule has 0 amide bonds. The summed E-state index contributed by atoms with van der Waals surface area (Å²) in [6, 6.07) is 4.73. The van der Waals surface area contributed by atoms with Crippen molar-refractivity contribution < 1.29 is 24.9 Å². The summed E-state index contributed by atoms with van der Waals surface area (Å²) in [7, 11) is 0. The Balaban J connectivity index is 1.18. The Hall–Kier alpha value is -2.01. The van der Waals surface area contributed by atoms with Crippen molar-refractivity contribution in [3.63, 3.8) is 0 Å². The fourth-order valence-electron chi connectivity index (χ4n) is 12.3. The molecule has 0 radical (unpaired) electrons. The lowest BCUT2D eigenvalue weighted by atomic mass is 9.42. The summed E-state index contributed by atoms with van der Waals surface area (Å²) in [5.74, 6) is 1.84. The first-order valence-corrected chi connectivity index (χ1v) is 17.6. The first kappa shape index (κ1) is 32.0. The van der Waals surface area contributed by atoms with Crippen molar-refractivity contribution in [1.29, 1.82) is 0 Å². The van der Waals surface area contributed by atoms with Crippen LogP contribution in [0.4, 0.5) is 0 Å². The molecule has 1 aromatic rings. The number of phenols is 2. The van der Waals surface area contributed by atoms with Gasteiger partial charge in [-0.1, -0.05) is 66.2 Å². The molecule has 0 unspecified atom stereocenters. The number of carbonyl (C=O) groups is 1. The molecule has 0 aliphatic heterocycles. The molecule has 9 atom stereocenters. The number of fused-ring (bicyclic) bond motifs is 6. The number of allylic oxidation sites excluding steroid dienone is 2. The molecule has 44 heavy (non-hydrogen) atoms. The molecule has 4 fully saturated rings. The normalized spacial score (nSPS) is 42.4. The molecule has 5 nitrogen and oxygen atoms in total. The van der Waals surface area contributed by atoms with Crippen LogP contribution in [0.15, 0.2) is 29.8 Å². The Morgan fingerprint density at radius 1 is 0.795 bits per heavy atom. The van der Waals surface area contributed by atoms with Gasteiger partial charge in [-0.2, -0.15) is 0 Å². The van der Waals surface area contributed by atoms with E-state index in [0.717, 1.165) is 31.2 Å². The Morgan fingerprint density at radius 2 is 1.50 bits per heavy atom. The number of ether oxygens (including phenoxy) is 1. The summed E-state index contributed by atoms with van der Waals surface area (Å²) in [5, 5.41) is 30.4. The van der Waals surface area contributed by atoms with E-state index in [0.29, 0.717) is 30.1 Å². The van der Waals surface area contributed by atoms with E-state index in [1.54, 1.807) is 11.6 Å². The van der Waals surface area contributed by atoms with Crippen LogP contribution in [-0.2, 0) is 16.0 Å². The van der Waals surface area contributed by atoms with E-state index >= 15 is 0 Å². The van der Waals surface area contributed by atoms with Crippen molar-refractivity contribution in [3.05, 3.63) is 35.4 Å². The van der Waals surface area contributed by atoms with E-state index < -0.39 is 0 Å². The number of aliphatic hydroxyl groups excluding tert-OH is 1. The number of aliphatic hydroxyl groups is 1. The third kappa shape index (κ3) is 4.94. The van der Waals surface area contributed by atoms with E-state index in [9.17, 15) is 20.1 Å². The Labute approximate surface area is 265 Å². The summed E-state index contributed by atoms with van der Waals surface area (Å²) in [6.45, 7) is 17.1. The molecule has 244 valence electrons. The largest absolute Gasteiger partial charge is 0.504 e. The van der Waals surface area contributed by atoms with Gasteiger partial charge in [-0.05, 0) is 134 Å². The molecule has 0 heterocycles. The minimum atomic E-state index is -0.190. The zero-order valence-corrected chi connectivity index (χ0v) is 28.4. The average Bonchev–Trinajstić information content (AvgIpc) is 3.10. The second-order valence-electron chi connectivity index (χ2n) is 17.6. The first-order chi connectivity index (χ1) is 20.5. The van der Waals surface area contributed by atoms with E-state index in [2.05, 4.69) is 54.5 Å². The maximum Gasteiger partial charge on any atom is 0.306 e. The highest BCUT2D eigenvalue weighted by atomic mass is 16.5. The molecule has 4 saturated carbocycles. The second kappa shape index (κ2) is 10.8. The predicted octanol–water partition coefficient (Wildman–Crippen LogP) is 8.73. The van der Waals surface area contributed by atoms with Crippen LogP contribution in [-0.4, -0.2) is 33.5 Å². The molecule has 0 spiro atoms. The molecule has 1 aromatic carbocycles. The number of carbonyl (C=O) groups excluding carboxylic acids is 1. The van der Waals surface area contributed by atoms with Gasteiger partial charge in [-0.25, -0.2) is 0 Å². The zero-order chi connectivity index (χ0) is 31.9. The van der Waals surface area contributed by atoms with E-state index in [1.807, 2.05) is 0 Å². The molecule has 0 aromatic heterocycles. The second-order valence-corrected chi connectivity index (χ2v) is 17.6. The molecule has 6 rings (SSSR count). The highest BCUT2D eigenvalue weighted by Crippen LogP contribution is 2.69. The molecule has 0 saturated heterocycles. The monoisotopic (exact) mass is 606 g/mol. The Kier molecular flexibility index (Phi) is 7.83. The van der Waals surface area contributed by atoms with Gasteiger partial charge in [0.1, 0.15) is 6.10 Å². The fourth-order valence-corrected chi connectivity index (χ4v) is 12.3. The Bertz CT molecular complexity index is 1310. The molecular weight excluding hydrogens is 548 g/mol. The van der Waals surface area contributed by atoms with Crippen LogP contribution in [0.5, 0.6) is 11.5 Å². The summed E-state index contributed by atoms with van der Waals surface area (Å²) < 4.78 is 6.26. The van der Waals surface area contributed by atoms with Gasteiger partial charge >= 0.3 is 5.97 Å². The van der Waals surface area contributed by atoms with Crippen molar-refractivity contribution in [1.82, 2.24) is 0 Å². The quantitative estimate of drug-likeness (QED) is 0.181. The van der Waals surface area contributed by atoms with Gasteiger partial charge < -0.3 is 20.1 Å². The van der Waals surface area contributed by atoms with Gasteiger partial charge in [-0.15, -0.1) is 0 Å². The van der Waals surface area contributed by atoms with Crippen LogP contribution >= 0.6 is 0 Å². The van der Waals surface area contributed by atoms with Crippen LogP contribution < -0.4 is 0 Å². The summed E-state index contributed by atoms with van der Waals surface area (Å²) in [4.78, 5) is 13.1. The van der Waals surface area contributed by atoms with Crippen LogP contribution in [0.3, 0.4) is 0 Å². The summed E-state index contributed by atoms with van der Waals surface area (Å²) in [6.07, 6.45) is 14.6. The average molecular weight is 607 g/mol. The molecular formula is C39H58O5. The predicted molar refractivity (Wildman–Crippen MR) is 174 cm³/mol. The van der Waals surface area contributed by atoms with Gasteiger partial charge in [0.05, 0.1) is 6.10 Å². The number of hydrogen-bond acceptors (Lipinski definition) is 5. The van der Waals surface area contributed by atoms with Crippen molar-refractivity contribution in [2.45, 2.75) is 138 Å². The van der Waals surface area contributed by atoms with Gasteiger partial charge in [0.2, 0.25) is 0 Å². The van der Waals surface area contributed by atoms with E-state index in [1.165, 1.54) is 50.7 Å².